The lowest BCUT2D eigenvalue weighted by atomic mass is 9.88. The van der Waals surface area contributed by atoms with Crippen molar-refractivity contribution in [2.45, 2.75) is 411 Å². The number of ether oxygens (including phenoxy) is 10. The smallest absolute Gasteiger partial charge is 0.364 e. The van der Waals surface area contributed by atoms with Crippen molar-refractivity contribution in [3.63, 3.8) is 0 Å². The van der Waals surface area contributed by atoms with Crippen LogP contribution in [0, 0.1) is 0 Å². The highest BCUT2D eigenvalue weighted by molar-refractivity contribution is 5.77. The highest BCUT2D eigenvalue weighted by Gasteiger charge is 2.60. The van der Waals surface area contributed by atoms with Gasteiger partial charge >= 0.3 is 5.97 Å². The summed E-state index contributed by atoms with van der Waals surface area (Å²) in [5, 5.41) is 196. The predicted molar refractivity (Wildman–Crippen MR) is 406 cm³/mol. The van der Waals surface area contributed by atoms with E-state index >= 15 is 0 Å². The number of unbranched alkanes of at least 4 members (excludes halogenated alkanes) is 28. The first-order valence-corrected chi connectivity index (χ1v) is 41.7. The number of carbonyl (C=O) groups excluding carboxylic acids is 3. The standard InChI is InChI=1S/C79H141N3O31/c1-5-7-9-11-13-15-17-19-20-21-22-23-24-25-26-28-30-32-34-36-38-40-58(92)82-50(51(89)39-37-35-33-31-29-27-18-16-14-12-10-8-6-2)46-104-75-68(100)66(98)70(56(45-86)108-75)110-77-69(101)73(63(95)55(44-85)107-77)112-74-60(81-49(4)88)71(111-76-67(99)65(97)62(94)54(43-84)106-76)64(96)57(109-74)47-105-79(78(102)103)41-52(90)59(80-48(3)87)72(113-79)61(93)53(91)42-83/h19-20,37,39,50-57,59-77,83-86,89-91,93-101H,5-18,21-36,38,40-47H2,1-4H3,(H,80,87)(H,81,88)(H,82,92)(H,102,103)/b20-19-,39-37+/t50-,51+,52?,53+,54?,55?,56?,57?,59+,60?,61+,62-,63-,64+,65-,66+,67?,68?,69?,70+,71+,72?,73-,74-,75+,76-,77-,79+/m0/s1. The van der Waals surface area contributed by atoms with Crippen LogP contribution in [0.15, 0.2) is 24.3 Å². The summed E-state index contributed by atoms with van der Waals surface area (Å²) < 4.78 is 59.4. The van der Waals surface area contributed by atoms with E-state index in [0.29, 0.717) is 12.8 Å². The first-order chi connectivity index (χ1) is 54.2. The summed E-state index contributed by atoms with van der Waals surface area (Å²) in [6, 6.07) is -4.70. The number of hydrogen-bond donors (Lipinski definition) is 20. The molecule has 5 saturated heterocycles. The Morgan fingerprint density at radius 1 is 0.469 bits per heavy atom. The quantitative estimate of drug-likeness (QED) is 0.0299. The topological polar surface area (TPSA) is 541 Å². The summed E-state index contributed by atoms with van der Waals surface area (Å²) >= 11 is 0. The van der Waals surface area contributed by atoms with Crippen molar-refractivity contribution in [1.82, 2.24) is 16.0 Å². The van der Waals surface area contributed by atoms with E-state index in [1.807, 2.05) is 6.08 Å². The van der Waals surface area contributed by atoms with Crippen LogP contribution in [-0.4, -0.2) is 321 Å². The Morgan fingerprint density at radius 3 is 1.41 bits per heavy atom. The molecule has 0 bridgehead atoms. The molecule has 34 heteroatoms. The molecule has 34 nitrogen and oxygen atoms in total. The monoisotopic (exact) mass is 1630 g/mol. The molecule has 5 aliphatic heterocycles. The minimum atomic E-state index is -3.10. The predicted octanol–water partition coefficient (Wildman–Crippen LogP) is 1.07. The Balaban J connectivity index is 1.28. The third-order valence-electron chi connectivity index (χ3n) is 21.7. The van der Waals surface area contributed by atoms with Crippen LogP contribution >= 0.6 is 0 Å². The Morgan fingerprint density at radius 2 is 0.903 bits per heavy atom. The number of hydrogen-bond acceptors (Lipinski definition) is 30. The van der Waals surface area contributed by atoms with Gasteiger partial charge in [-0.2, -0.15) is 0 Å². The van der Waals surface area contributed by atoms with Crippen molar-refractivity contribution in [1.29, 1.82) is 0 Å². The van der Waals surface area contributed by atoms with Gasteiger partial charge in [0.05, 0.1) is 63.9 Å². The van der Waals surface area contributed by atoms with Crippen molar-refractivity contribution in [3.05, 3.63) is 24.3 Å². The number of carbonyl (C=O) groups is 4. The number of carboxylic acids is 1. The highest BCUT2D eigenvalue weighted by Crippen LogP contribution is 2.39. The molecule has 28 atom stereocenters. The van der Waals surface area contributed by atoms with Crippen LogP contribution < -0.4 is 16.0 Å². The van der Waals surface area contributed by atoms with E-state index in [-0.39, 0.29) is 12.3 Å². The second-order valence-corrected chi connectivity index (χ2v) is 31.1. The van der Waals surface area contributed by atoms with Crippen LogP contribution in [0.1, 0.15) is 240 Å². The Bertz CT molecular complexity index is 2660. The molecule has 0 radical (unpaired) electrons. The van der Waals surface area contributed by atoms with Crippen LogP contribution in [0.5, 0.6) is 0 Å². The van der Waals surface area contributed by atoms with Crippen LogP contribution in [0.2, 0.25) is 0 Å². The van der Waals surface area contributed by atoms with Crippen LogP contribution in [0.25, 0.3) is 0 Å². The molecular formula is C79H141N3O31. The second-order valence-electron chi connectivity index (χ2n) is 31.1. The van der Waals surface area contributed by atoms with Gasteiger partial charge in [0.25, 0.3) is 5.79 Å². The first kappa shape index (κ1) is 99.9. The van der Waals surface area contributed by atoms with Crippen molar-refractivity contribution in [2.24, 2.45) is 0 Å². The lowest BCUT2D eigenvalue weighted by Gasteiger charge is -2.51. The van der Waals surface area contributed by atoms with Crippen molar-refractivity contribution < 1.29 is 153 Å². The summed E-state index contributed by atoms with van der Waals surface area (Å²) in [5.41, 5.74) is 0. The zero-order valence-electron chi connectivity index (χ0n) is 66.8. The lowest BCUT2D eigenvalue weighted by molar-refractivity contribution is -0.384. The number of aliphatic hydroxyl groups excluding tert-OH is 16. The van der Waals surface area contributed by atoms with Gasteiger partial charge < -0.3 is 150 Å². The van der Waals surface area contributed by atoms with Crippen LogP contribution in [-0.2, 0) is 66.5 Å². The summed E-state index contributed by atoms with van der Waals surface area (Å²) in [4.78, 5) is 52.3. The van der Waals surface area contributed by atoms with Gasteiger partial charge in [-0.1, -0.05) is 192 Å². The van der Waals surface area contributed by atoms with Crippen LogP contribution in [0.3, 0.4) is 0 Å². The molecule has 5 rings (SSSR count). The molecule has 0 aromatic rings. The number of amides is 3. The van der Waals surface area contributed by atoms with Gasteiger partial charge in [-0.15, -0.1) is 0 Å². The highest BCUT2D eigenvalue weighted by atomic mass is 16.8. The normalized spacial score (nSPS) is 33.5. The maximum Gasteiger partial charge on any atom is 0.364 e. The van der Waals surface area contributed by atoms with E-state index in [0.717, 1.165) is 78.1 Å². The van der Waals surface area contributed by atoms with Crippen molar-refractivity contribution in [2.75, 3.05) is 39.6 Å². The van der Waals surface area contributed by atoms with E-state index in [9.17, 15) is 106 Å². The molecule has 5 fully saturated rings. The third-order valence-corrected chi connectivity index (χ3v) is 21.7. The fraction of sp³-hybridized carbons (Fsp3) is 0.899. The maximum atomic E-state index is 13.6. The number of aliphatic hydroxyl groups is 16. The maximum absolute atomic E-state index is 13.6. The van der Waals surface area contributed by atoms with Crippen molar-refractivity contribution >= 4 is 23.7 Å². The summed E-state index contributed by atoms with van der Waals surface area (Å²) in [5.74, 6) is -7.24. The van der Waals surface area contributed by atoms with Crippen molar-refractivity contribution in [3.8, 4) is 0 Å². The van der Waals surface area contributed by atoms with E-state index in [1.165, 1.54) is 122 Å². The molecular weight excluding hydrogens is 1490 g/mol. The van der Waals surface area contributed by atoms with Gasteiger partial charge in [-0.05, 0) is 44.9 Å². The summed E-state index contributed by atoms with van der Waals surface area (Å²) in [7, 11) is 0. The number of allylic oxidation sites excluding steroid dienone is 3. The Kier molecular flexibility index (Phi) is 48.2. The van der Waals surface area contributed by atoms with Gasteiger partial charge in [0.1, 0.15) is 116 Å². The molecule has 113 heavy (non-hydrogen) atoms. The molecule has 0 aromatic carbocycles. The molecule has 658 valence electrons. The molecule has 0 aliphatic carbocycles. The SMILES string of the molecule is CCCCCCCC/C=C\CCCCCCCCCCCCCC(=O)N[C@@H](CO[C@@H]1OC(CO)[C@@H](O[C@@H]2OC(CO)[C@H](O)[C@H](O[C@@H]3OC(CO[C@]4(C(=O)O)CC(O)[C@@H](NC(C)=O)C([C@H](O)[C@H](O)CO)O4)[C@@H](O)[C@H](O[C@@H]4OC(CO)[C@H](O)[C@H](O)C4O)C3NC(C)=O)C2O)[C@H](O)C1O)[C@H](O)/C=C/CCCCCCCCCCCCC. The molecule has 0 aromatic heterocycles. The van der Waals surface area contributed by atoms with E-state index < -0.39 is 235 Å². The zero-order valence-corrected chi connectivity index (χ0v) is 66.8. The fourth-order valence-electron chi connectivity index (χ4n) is 15.0. The number of aliphatic carboxylic acids is 1. The minimum absolute atomic E-state index is 0.154. The van der Waals surface area contributed by atoms with E-state index in [1.54, 1.807) is 6.08 Å². The summed E-state index contributed by atoms with van der Waals surface area (Å²) in [6.07, 6.45) is -5.69. The molecule has 5 aliphatic rings. The van der Waals surface area contributed by atoms with Gasteiger partial charge in [-0.25, -0.2) is 4.79 Å². The van der Waals surface area contributed by atoms with Gasteiger partial charge in [0.2, 0.25) is 17.7 Å². The molecule has 0 saturated carbocycles. The first-order valence-electron chi connectivity index (χ1n) is 41.7. The second kappa shape index (κ2) is 54.5. The Labute approximate surface area is 665 Å². The van der Waals surface area contributed by atoms with E-state index in [2.05, 4.69) is 41.9 Å². The zero-order chi connectivity index (χ0) is 83.0. The third kappa shape index (κ3) is 32.8. The number of rotatable bonds is 57. The molecule has 3 amide bonds. The average molecular weight is 1630 g/mol. The van der Waals surface area contributed by atoms with Gasteiger partial charge in [0, 0.05) is 26.7 Å². The average Bonchev–Trinajstić information content (AvgIpc) is 0.765. The molecule has 20 N–H and O–H groups in total. The lowest BCUT2D eigenvalue weighted by Crippen LogP contribution is -2.71. The number of nitrogens with one attached hydrogen (secondary N) is 3. The molecule has 10 unspecified atom stereocenters. The largest absolute Gasteiger partial charge is 0.477 e. The van der Waals surface area contributed by atoms with Gasteiger partial charge in [-0.3, -0.25) is 14.4 Å². The summed E-state index contributed by atoms with van der Waals surface area (Å²) in [6.45, 7) is 0.544. The molecule has 0 spiro atoms. The fourth-order valence-corrected chi connectivity index (χ4v) is 15.0. The molecule has 5 heterocycles. The minimum Gasteiger partial charge on any atom is -0.477 e. The van der Waals surface area contributed by atoms with E-state index in [4.69, 9.17) is 47.4 Å². The Hall–Kier alpha value is -3.68. The van der Waals surface area contributed by atoms with Crippen LogP contribution in [0.4, 0.5) is 0 Å². The number of carboxylic acid groups (broad SMARTS) is 1. The van der Waals surface area contributed by atoms with Gasteiger partial charge in [0.15, 0.2) is 25.2 Å².